The van der Waals surface area contributed by atoms with Gasteiger partial charge in [-0.1, -0.05) is 6.42 Å². The molecule has 114 valence electrons. The van der Waals surface area contributed by atoms with Crippen molar-refractivity contribution in [3.8, 4) is 0 Å². The van der Waals surface area contributed by atoms with Crippen LogP contribution >= 0.6 is 0 Å². The highest BCUT2D eigenvalue weighted by atomic mass is 32.2. The minimum Gasteiger partial charge on any atom is -0.325 e. The third-order valence-electron chi connectivity index (χ3n) is 4.58. The number of hydrogen-bond donors (Lipinski definition) is 2. The Kier molecular flexibility index (Phi) is 3.75. The quantitative estimate of drug-likeness (QED) is 0.885. The second-order valence-electron chi connectivity index (χ2n) is 6.03. The van der Waals surface area contributed by atoms with Crippen molar-refractivity contribution in [1.29, 1.82) is 0 Å². The molecule has 1 aromatic rings. The Labute approximate surface area is 125 Å². The molecular weight excluding hydrogens is 288 g/mol. The SMILES string of the molecule is CS(=O)(=O)c1ccc(NC(=O)C2NCC3CCCC32)cc1. The first kappa shape index (κ1) is 14.5. The number of carbonyl (C=O) groups is 1. The third kappa shape index (κ3) is 2.96. The molecule has 0 radical (unpaired) electrons. The smallest absolute Gasteiger partial charge is 0.241 e. The first-order chi connectivity index (χ1) is 9.95. The number of fused-ring (bicyclic) bond motifs is 1. The van der Waals surface area contributed by atoms with E-state index < -0.39 is 9.84 Å². The summed E-state index contributed by atoms with van der Waals surface area (Å²) in [6.45, 7) is 0.926. The molecule has 1 heterocycles. The average molecular weight is 308 g/mol. The van der Waals surface area contributed by atoms with Gasteiger partial charge in [0.1, 0.15) is 0 Å². The topological polar surface area (TPSA) is 75.3 Å². The maximum absolute atomic E-state index is 12.3. The van der Waals surface area contributed by atoms with Crippen LogP contribution in [0.15, 0.2) is 29.2 Å². The fraction of sp³-hybridized carbons (Fsp3) is 0.533. The number of nitrogens with one attached hydrogen (secondary N) is 2. The molecule has 2 aliphatic rings. The molecule has 3 atom stereocenters. The number of sulfone groups is 1. The molecule has 21 heavy (non-hydrogen) atoms. The second-order valence-corrected chi connectivity index (χ2v) is 8.04. The van der Waals surface area contributed by atoms with E-state index in [2.05, 4.69) is 10.6 Å². The van der Waals surface area contributed by atoms with E-state index in [1.54, 1.807) is 12.1 Å². The summed E-state index contributed by atoms with van der Waals surface area (Å²) in [6, 6.07) is 6.19. The van der Waals surface area contributed by atoms with Crippen LogP contribution in [0.4, 0.5) is 5.69 Å². The van der Waals surface area contributed by atoms with Gasteiger partial charge in [0.05, 0.1) is 10.9 Å². The highest BCUT2D eigenvalue weighted by molar-refractivity contribution is 7.90. The number of carbonyl (C=O) groups excluding carboxylic acids is 1. The van der Waals surface area contributed by atoms with E-state index in [0.717, 1.165) is 13.0 Å². The monoisotopic (exact) mass is 308 g/mol. The maximum atomic E-state index is 12.3. The lowest BCUT2D eigenvalue weighted by atomic mass is 9.93. The Balaban J connectivity index is 1.68. The van der Waals surface area contributed by atoms with Crippen LogP contribution in [0.2, 0.25) is 0 Å². The van der Waals surface area contributed by atoms with Gasteiger partial charge in [-0.15, -0.1) is 0 Å². The minimum absolute atomic E-state index is 0.0171. The Bertz CT molecular complexity index is 639. The summed E-state index contributed by atoms with van der Waals surface area (Å²) in [5.41, 5.74) is 0.635. The largest absolute Gasteiger partial charge is 0.325 e. The molecule has 1 aliphatic heterocycles. The molecule has 1 saturated carbocycles. The molecule has 1 aliphatic carbocycles. The Morgan fingerprint density at radius 3 is 2.62 bits per heavy atom. The van der Waals surface area contributed by atoms with Crippen LogP contribution in [0.3, 0.4) is 0 Å². The molecule has 3 rings (SSSR count). The molecule has 0 spiro atoms. The van der Waals surface area contributed by atoms with Crippen LogP contribution in [0.5, 0.6) is 0 Å². The van der Waals surface area contributed by atoms with Crippen LogP contribution in [0.1, 0.15) is 19.3 Å². The van der Waals surface area contributed by atoms with Crippen molar-refractivity contribution < 1.29 is 13.2 Å². The summed E-state index contributed by atoms with van der Waals surface area (Å²) >= 11 is 0. The van der Waals surface area contributed by atoms with Gasteiger partial charge in [0.15, 0.2) is 9.84 Å². The number of rotatable bonds is 3. The summed E-state index contributed by atoms with van der Waals surface area (Å²) in [6.07, 6.45) is 4.71. The zero-order chi connectivity index (χ0) is 15.0. The van der Waals surface area contributed by atoms with Gasteiger partial charge >= 0.3 is 0 Å². The third-order valence-corrected chi connectivity index (χ3v) is 5.71. The summed E-state index contributed by atoms with van der Waals surface area (Å²) < 4.78 is 22.8. The predicted molar refractivity (Wildman–Crippen MR) is 80.8 cm³/mol. The van der Waals surface area contributed by atoms with Crippen molar-refractivity contribution in [2.24, 2.45) is 11.8 Å². The van der Waals surface area contributed by atoms with E-state index in [4.69, 9.17) is 0 Å². The van der Waals surface area contributed by atoms with E-state index in [9.17, 15) is 13.2 Å². The first-order valence-corrected chi connectivity index (χ1v) is 9.18. The van der Waals surface area contributed by atoms with Crippen molar-refractivity contribution in [3.05, 3.63) is 24.3 Å². The number of anilines is 1. The van der Waals surface area contributed by atoms with Gasteiger partial charge in [0.25, 0.3) is 0 Å². The van der Waals surface area contributed by atoms with Crippen molar-refractivity contribution >= 4 is 21.4 Å². The molecule has 0 bridgehead atoms. The van der Waals surface area contributed by atoms with Gasteiger partial charge in [-0.05, 0) is 55.5 Å². The number of benzene rings is 1. The van der Waals surface area contributed by atoms with E-state index in [1.807, 2.05) is 0 Å². The van der Waals surface area contributed by atoms with Crippen LogP contribution in [0, 0.1) is 11.8 Å². The average Bonchev–Trinajstić information content (AvgIpc) is 3.00. The highest BCUT2D eigenvalue weighted by Crippen LogP contribution is 2.37. The number of hydrogen-bond acceptors (Lipinski definition) is 4. The van der Waals surface area contributed by atoms with Crippen molar-refractivity contribution in [3.63, 3.8) is 0 Å². The van der Waals surface area contributed by atoms with Gasteiger partial charge in [0.2, 0.25) is 5.91 Å². The minimum atomic E-state index is -3.20. The summed E-state index contributed by atoms with van der Waals surface area (Å²) in [5.74, 6) is 1.06. The highest BCUT2D eigenvalue weighted by Gasteiger charge is 2.42. The normalized spacial score (nSPS) is 28.3. The summed E-state index contributed by atoms with van der Waals surface area (Å²) in [4.78, 5) is 12.6. The number of amides is 1. The first-order valence-electron chi connectivity index (χ1n) is 7.29. The molecule has 6 heteroatoms. The molecule has 5 nitrogen and oxygen atoms in total. The molecule has 1 amide bonds. The molecular formula is C15H20N2O3S. The Morgan fingerprint density at radius 2 is 1.95 bits per heavy atom. The molecule has 1 saturated heterocycles. The van der Waals surface area contributed by atoms with Gasteiger partial charge in [-0.3, -0.25) is 4.79 Å². The lowest BCUT2D eigenvalue weighted by Gasteiger charge is -2.17. The lowest BCUT2D eigenvalue weighted by Crippen LogP contribution is -2.39. The predicted octanol–water partition coefficient (Wildman–Crippen LogP) is 1.42. The zero-order valence-corrected chi connectivity index (χ0v) is 12.8. The standard InChI is InChI=1S/C15H20N2O3S/c1-21(19,20)12-7-5-11(6-8-12)17-15(18)14-13-4-2-3-10(13)9-16-14/h5-8,10,13-14,16H,2-4,9H2,1H3,(H,17,18). The van der Waals surface area contributed by atoms with Gasteiger partial charge < -0.3 is 10.6 Å². The lowest BCUT2D eigenvalue weighted by molar-refractivity contribution is -0.118. The zero-order valence-electron chi connectivity index (χ0n) is 12.0. The molecule has 2 N–H and O–H groups in total. The van der Waals surface area contributed by atoms with Gasteiger partial charge in [-0.25, -0.2) is 8.42 Å². The Hall–Kier alpha value is -1.40. The van der Waals surface area contributed by atoms with E-state index in [1.165, 1.54) is 31.2 Å². The van der Waals surface area contributed by atoms with Gasteiger partial charge in [0, 0.05) is 11.9 Å². The second kappa shape index (κ2) is 5.42. The van der Waals surface area contributed by atoms with Crippen LogP contribution in [-0.2, 0) is 14.6 Å². The summed E-state index contributed by atoms with van der Waals surface area (Å²) in [7, 11) is -3.20. The van der Waals surface area contributed by atoms with Crippen LogP contribution in [-0.4, -0.2) is 33.2 Å². The molecule has 1 aromatic carbocycles. The summed E-state index contributed by atoms with van der Waals surface area (Å²) in [5, 5.41) is 6.19. The van der Waals surface area contributed by atoms with Crippen LogP contribution < -0.4 is 10.6 Å². The molecule has 3 unspecified atom stereocenters. The maximum Gasteiger partial charge on any atom is 0.241 e. The van der Waals surface area contributed by atoms with E-state index in [-0.39, 0.29) is 16.8 Å². The van der Waals surface area contributed by atoms with Crippen LogP contribution in [0.25, 0.3) is 0 Å². The fourth-order valence-corrected chi connectivity index (χ4v) is 4.11. The Morgan fingerprint density at radius 1 is 1.24 bits per heavy atom. The van der Waals surface area contributed by atoms with Gasteiger partial charge in [-0.2, -0.15) is 0 Å². The van der Waals surface area contributed by atoms with Crippen molar-refractivity contribution in [2.75, 3.05) is 18.1 Å². The molecule has 2 fully saturated rings. The van der Waals surface area contributed by atoms with E-state index >= 15 is 0 Å². The fourth-order valence-electron chi connectivity index (χ4n) is 3.48. The molecule has 0 aromatic heterocycles. The van der Waals surface area contributed by atoms with E-state index in [0.29, 0.717) is 17.5 Å². The van der Waals surface area contributed by atoms with Crippen molar-refractivity contribution in [1.82, 2.24) is 5.32 Å². The van der Waals surface area contributed by atoms with Crippen molar-refractivity contribution in [2.45, 2.75) is 30.2 Å².